The molecule has 0 spiro atoms. The average Bonchev–Trinajstić information content (AvgIpc) is 2.22. The number of carbonyl (C=O) groups excluding carboxylic acids is 1. The molecular weight excluding hydrogens is 200 g/mol. The second-order valence-electron chi connectivity index (χ2n) is 4.66. The maximum Gasteiger partial charge on any atom is 0.315 e. The zero-order valence-corrected chi connectivity index (χ0v) is 10.8. The number of carbonyl (C=O) groups is 1. The number of hydrogen-bond acceptors (Lipinski definition) is 2. The minimum atomic E-state index is -0.577. The summed E-state index contributed by atoms with van der Waals surface area (Å²) >= 11 is 0. The van der Waals surface area contributed by atoms with E-state index < -0.39 is 5.41 Å². The first-order chi connectivity index (χ1) is 7.39. The van der Waals surface area contributed by atoms with Gasteiger partial charge in [0.1, 0.15) is 0 Å². The van der Waals surface area contributed by atoms with Crippen LogP contribution in [0.4, 0.5) is 0 Å². The lowest BCUT2D eigenvalue weighted by molar-refractivity contribution is -0.148. The van der Waals surface area contributed by atoms with Crippen LogP contribution in [0, 0.1) is 13.8 Å². The van der Waals surface area contributed by atoms with Crippen molar-refractivity contribution in [1.29, 1.82) is 0 Å². The van der Waals surface area contributed by atoms with E-state index in [9.17, 15) is 4.79 Å². The standard InChI is InChI=1S/C14H20O2/c1-6-16-13(15)14(4,5)12-9-10(2)7-8-11(12)3/h7-9H,6H2,1-5H3. The van der Waals surface area contributed by atoms with Crippen molar-refractivity contribution in [2.24, 2.45) is 0 Å². The smallest absolute Gasteiger partial charge is 0.315 e. The molecular formula is C14H20O2. The molecule has 2 nitrogen and oxygen atoms in total. The largest absolute Gasteiger partial charge is 0.465 e. The van der Waals surface area contributed by atoms with Crippen LogP contribution in [0.5, 0.6) is 0 Å². The number of aryl methyl sites for hydroxylation is 2. The van der Waals surface area contributed by atoms with Crippen molar-refractivity contribution in [3.63, 3.8) is 0 Å². The van der Waals surface area contributed by atoms with Gasteiger partial charge < -0.3 is 4.74 Å². The van der Waals surface area contributed by atoms with Crippen LogP contribution in [0.1, 0.15) is 37.5 Å². The number of benzene rings is 1. The van der Waals surface area contributed by atoms with E-state index in [1.54, 1.807) is 0 Å². The van der Waals surface area contributed by atoms with Crippen molar-refractivity contribution in [3.05, 3.63) is 34.9 Å². The SMILES string of the molecule is CCOC(=O)C(C)(C)c1cc(C)ccc1C. The molecule has 1 aromatic carbocycles. The van der Waals surface area contributed by atoms with Gasteiger partial charge in [-0.15, -0.1) is 0 Å². The van der Waals surface area contributed by atoms with Crippen LogP contribution in [-0.2, 0) is 14.9 Å². The van der Waals surface area contributed by atoms with Crippen molar-refractivity contribution >= 4 is 5.97 Å². The van der Waals surface area contributed by atoms with Gasteiger partial charge >= 0.3 is 5.97 Å². The fraction of sp³-hybridized carbons (Fsp3) is 0.500. The van der Waals surface area contributed by atoms with Gasteiger partial charge in [-0.05, 0) is 45.7 Å². The molecule has 0 aromatic heterocycles. The number of rotatable bonds is 3. The van der Waals surface area contributed by atoms with Crippen LogP contribution >= 0.6 is 0 Å². The molecule has 0 heterocycles. The number of ether oxygens (including phenoxy) is 1. The highest BCUT2D eigenvalue weighted by atomic mass is 16.5. The van der Waals surface area contributed by atoms with E-state index in [1.165, 1.54) is 0 Å². The molecule has 0 bridgehead atoms. The summed E-state index contributed by atoms with van der Waals surface area (Å²) in [6.45, 7) is 10.1. The van der Waals surface area contributed by atoms with E-state index in [2.05, 4.69) is 12.1 Å². The van der Waals surface area contributed by atoms with Gasteiger partial charge in [0.15, 0.2) is 0 Å². The molecule has 88 valence electrons. The Kier molecular flexibility index (Phi) is 3.74. The van der Waals surface area contributed by atoms with Crippen LogP contribution in [0.15, 0.2) is 18.2 Å². The third kappa shape index (κ3) is 2.43. The van der Waals surface area contributed by atoms with Crippen LogP contribution in [0.25, 0.3) is 0 Å². The van der Waals surface area contributed by atoms with Crippen molar-refractivity contribution in [1.82, 2.24) is 0 Å². The Labute approximate surface area is 97.6 Å². The summed E-state index contributed by atoms with van der Waals surface area (Å²) in [4.78, 5) is 11.9. The van der Waals surface area contributed by atoms with Crippen LogP contribution in [0.2, 0.25) is 0 Å². The Morgan fingerprint density at radius 2 is 1.94 bits per heavy atom. The monoisotopic (exact) mass is 220 g/mol. The maximum atomic E-state index is 11.9. The molecule has 16 heavy (non-hydrogen) atoms. The van der Waals surface area contributed by atoms with Gasteiger partial charge in [-0.25, -0.2) is 0 Å². The minimum Gasteiger partial charge on any atom is -0.465 e. The first kappa shape index (κ1) is 12.8. The molecule has 1 aromatic rings. The van der Waals surface area contributed by atoms with E-state index >= 15 is 0 Å². The Balaban J connectivity index is 3.15. The Morgan fingerprint density at radius 1 is 1.31 bits per heavy atom. The highest BCUT2D eigenvalue weighted by Crippen LogP contribution is 2.28. The molecule has 0 saturated carbocycles. The molecule has 0 radical (unpaired) electrons. The molecule has 0 fully saturated rings. The first-order valence-corrected chi connectivity index (χ1v) is 5.64. The normalized spacial score (nSPS) is 11.3. The third-order valence-electron chi connectivity index (χ3n) is 2.85. The van der Waals surface area contributed by atoms with Gasteiger partial charge in [-0.3, -0.25) is 4.79 Å². The topological polar surface area (TPSA) is 26.3 Å². The van der Waals surface area contributed by atoms with Crippen molar-refractivity contribution in [3.8, 4) is 0 Å². The second-order valence-corrected chi connectivity index (χ2v) is 4.66. The lowest BCUT2D eigenvalue weighted by Crippen LogP contribution is -2.32. The van der Waals surface area contributed by atoms with E-state index in [0.717, 1.165) is 16.7 Å². The van der Waals surface area contributed by atoms with Gasteiger partial charge in [-0.2, -0.15) is 0 Å². The predicted molar refractivity (Wildman–Crippen MR) is 65.6 cm³/mol. The number of esters is 1. The van der Waals surface area contributed by atoms with Crippen LogP contribution < -0.4 is 0 Å². The zero-order valence-electron chi connectivity index (χ0n) is 10.8. The summed E-state index contributed by atoms with van der Waals surface area (Å²) in [6.07, 6.45) is 0. The Morgan fingerprint density at radius 3 is 2.50 bits per heavy atom. The van der Waals surface area contributed by atoms with Gasteiger partial charge in [0, 0.05) is 0 Å². The van der Waals surface area contributed by atoms with E-state index in [-0.39, 0.29) is 5.97 Å². The molecule has 0 amide bonds. The van der Waals surface area contributed by atoms with Gasteiger partial charge in [0.05, 0.1) is 12.0 Å². The van der Waals surface area contributed by atoms with E-state index in [4.69, 9.17) is 4.74 Å². The Hall–Kier alpha value is -1.31. The molecule has 0 atom stereocenters. The third-order valence-corrected chi connectivity index (χ3v) is 2.85. The molecule has 0 unspecified atom stereocenters. The summed E-state index contributed by atoms with van der Waals surface area (Å²) in [7, 11) is 0. The van der Waals surface area contributed by atoms with E-state index in [1.807, 2.05) is 40.7 Å². The molecule has 1 rings (SSSR count). The summed E-state index contributed by atoms with van der Waals surface area (Å²) in [6, 6.07) is 6.16. The lowest BCUT2D eigenvalue weighted by Gasteiger charge is -2.25. The second kappa shape index (κ2) is 4.69. The van der Waals surface area contributed by atoms with Crippen molar-refractivity contribution in [2.45, 2.75) is 40.0 Å². The fourth-order valence-corrected chi connectivity index (χ4v) is 1.83. The van der Waals surface area contributed by atoms with Crippen LogP contribution in [0.3, 0.4) is 0 Å². The fourth-order valence-electron chi connectivity index (χ4n) is 1.83. The molecule has 0 aliphatic heterocycles. The predicted octanol–water partition coefficient (Wildman–Crippen LogP) is 3.14. The maximum absolute atomic E-state index is 11.9. The molecule has 0 aliphatic rings. The zero-order chi connectivity index (χ0) is 12.3. The summed E-state index contributed by atoms with van der Waals surface area (Å²) in [5.41, 5.74) is 2.76. The minimum absolute atomic E-state index is 0.163. The van der Waals surface area contributed by atoms with Crippen LogP contribution in [-0.4, -0.2) is 12.6 Å². The molecule has 0 N–H and O–H groups in total. The first-order valence-electron chi connectivity index (χ1n) is 5.64. The van der Waals surface area contributed by atoms with Gasteiger partial charge in [-0.1, -0.05) is 23.8 Å². The summed E-state index contributed by atoms with van der Waals surface area (Å²) in [5.74, 6) is -0.163. The van der Waals surface area contributed by atoms with Gasteiger partial charge in [0.2, 0.25) is 0 Å². The summed E-state index contributed by atoms with van der Waals surface area (Å²) < 4.78 is 5.12. The van der Waals surface area contributed by atoms with Crippen molar-refractivity contribution in [2.75, 3.05) is 6.61 Å². The Bertz CT molecular complexity index is 392. The highest BCUT2D eigenvalue weighted by Gasteiger charge is 2.32. The molecule has 2 heteroatoms. The lowest BCUT2D eigenvalue weighted by atomic mass is 9.81. The summed E-state index contributed by atoms with van der Waals surface area (Å²) in [5, 5.41) is 0. The average molecular weight is 220 g/mol. The quantitative estimate of drug-likeness (QED) is 0.731. The van der Waals surface area contributed by atoms with Crippen molar-refractivity contribution < 1.29 is 9.53 Å². The van der Waals surface area contributed by atoms with E-state index in [0.29, 0.717) is 6.61 Å². The number of hydrogen-bond donors (Lipinski definition) is 0. The molecule has 0 aliphatic carbocycles. The van der Waals surface area contributed by atoms with Gasteiger partial charge in [0.25, 0.3) is 0 Å². The highest BCUT2D eigenvalue weighted by molar-refractivity contribution is 5.82. The molecule has 0 saturated heterocycles.